The Balaban J connectivity index is 2.25. The predicted molar refractivity (Wildman–Crippen MR) is 62.0 cm³/mol. The number of rotatable bonds is 2. The van der Waals surface area contributed by atoms with Gasteiger partial charge in [-0.05, 0) is 12.0 Å². The third-order valence-corrected chi connectivity index (χ3v) is 2.62. The maximum absolute atomic E-state index is 4.50. The van der Waals surface area contributed by atoms with E-state index in [1.54, 1.807) is 17.2 Å². The van der Waals surface area contributed by atoms with Gasteiger partial charge in [0.1, 0.15) is 18.2 Å². The molecule has 0 amide bonds. The van der Waals surface area contributed by atoms with Crippen molar-refractivity contribution in [2.24, 2.45) is 0 Å². The summed E-state index contributed by atoms with van der Waals surface area (Å²) < 4.78 is 3.46. The summed E-state index contributed by atoms with van der Waals surface area (Å²) in [5.74, 6) is 1.13. The van der Waals surface area contributed by atoms with Crippen molar-refractivity contribution in [2.45, 2.75) is 19.8 Å². The van der Waals surface area contributed by atoms with E-state index < -0.39 is 0 Å². The Morgan fingerprint density at radius 3 is 2.88 bits per heavy atom. The molecule has 0 aliphatic heterocycles. The molecular weight excluding hydrogens is 216 g/mol. The van der Waals surface area contributed by atoms with Crippen LogP contribution in [0.25, 0.3) is 11.3 Å². The van der Waals surface area contributed by atoms with Crippen molar-refractivity contribution in [1.82, 2.24) is 29.4 Å². The molecule has 17 heavy (non-hydrogen) atoms. The van der Waals surface area contributed by atoms with E-state index in [4.69, 9.17) is 0 Å². The van der Waals surface area contributed by atoms with Crippen LogP contribution in [0, 0.1) is 0 Å². The molecule has 0 aromatic carbocycles. The molecule has 0 spiro atoms. The lowest BCUT2D eigenvalue weighted by Gasteiger charge is -2.00. The minimum Gasteiger partial charge on any atom is -0.235 e. The summed E-state index contributed by atoms with van der Waals surface area (Å²) >= 11 is 0. The Hall–Kier alpha value is -2.24. The summed E-state index contributed by atoms with van der Waals surface area (Å²) in [6, 6.07) is 2.04. The maximum atomic E-state index is 4.50. The van der Waals surface area contributed by atoms with Gasteiger partial charge in [-0.25, -0.2) is 19.2 Å². The fourth-order valence-electron chi connectivity index (χ4n) is 1.70. The summed E-state index contributed by atoms with van der Waals surface area (Å²) in [6.45, 7) is 4.23. The van der Waals surface area contributed by atoms with Crippen molar-refractivity contribution in [1.29, 1.82) is 0 Å². The van der Waals surface area contributed by atoms with Crippen LogP contribution in [-0.2, 0) is 0 Å². The lowest BCUT2D eigenvalue weighted by atomic mass is 10.1. The SMILES string of the molecule is CC(C)c1cc2c(-n3cncn3)nccn2n1. The topological polar surface area (TPSA) is 60.9 Å². The quantitative estimate of drug-likeness (QED) is 0.665. The molecule has 86 valence electrons. The van der Waals surface area contributed by atoms with Gasteiger partial charge in [-0.15, -0.1) is 0 Å². The number of fused-ring (bicyclic) bond motifs is 1. The highest BCUT2D eigenvalue weighted by Crippen LogP contribution is 2.18. The third-order valence-electron chi connectivity index (χ3n) is 2.62. The highest BCUT2D eigenvalue weighted by molar-refractivity contribution is 5.60. The van der Waals surface area contributed by atoms with Gasteiger partial charge in [-0.3, -0.25) is 0 Å². The molecule has 0 atom stereocenters. The Labute approximate surface area is 97.9 Å². The van der Waals surface area contributed by atoms with Crippen LogP contribution in [0.2, 0.25) is 0 Å². The van der Waals surface area contributed by atoms with E-state index in [2.05, 4.69) is 34.0 Å². The molecule has 0 saturated carbocycles. The molecule has 0 fully saturated rings. The largest absolute Gasteiger partial charge is 0.235 e. The van der Waals surface area contributed by atoms with Crippen molar-refractivity contribution in [2.75, 3.05) is 0 Å². The average molecular weight is 228 g/mol. The Bertz CT molecular complexity index is 637. The molecule has 6 nitrogen and oxygen atoms in total. The molecule has 0 N–H and O–H groups in total. The fourth-order valence-corrected chi connectivity index (χ4v) is 1.70. The monoisotopic (exact) mass is 228 g/mol. The molecule has 3 aromatic rings. The summed E-state index contributed by atoms with van der Waals surface area (Å²) in [5, 5.41) is 8.59. The predicted octanol–water partition coefficient (Wildman–Crippen LogP) is 1.43. The van der Waals surface area contributed by atoms with E-state index in [9.17, 15) is 0 Å². The normalized spacial score (nSPS) is 11.5. The standard InChI is InChI=1S/C11H12N6/c1-8(2)9-5-10-11(17-7-12-6-14-17)13-3-4-16(10)15-9/h3-8H,1-2H3. The molecule has 3 rings (SSSR count). The van der Waals surface area contributed by atoms with Crippen LogP contribution in [0.4, 0.5) is 0 Å². The van der Waals surface area contributed by atoms with Crippen LogP contribution in [-0.4, -0.2) is 29.4 Å². The number of aromatic nitrogens is 6. The van der Waals surface area contributed by atoms with E-state index in [0.29, 0.717) is 5.92 Å². The van der Waals surface area contributed by atoms with Gasteiger partial charge >= 0.3 is 0 Å². The van der Waals surface area contributed by atoms with Gasteiger partial charge < -0.3 is 0 Å². The van der Waals surface area contributed by atoms with Gasteiger partial charge in [0.15, 0.2) is 5.82 Å². The zero-order valence-electron chi connectivity index (χ0n) is 9.65. The van der Waals surface area contributed by atoms with Crippen LogP contribution in [0.15, 0.2) is 31.1 Å². The minimum atomic E-state index is 0.387. The van der Waals surface area contributed by atoms with Crippen LogP contribution < -0.4 is 0 Å². The molecule has 0 bridgehead atoms. The van der Waals surface area contributed by atoms with E-state index in [-0.39, 0.29) is 0 Å². The lowest BCUT2D eigenvalue weighted by molar-refractivity contribution is 0.781. The zero-order chi connectivity index (χ0) is 11.8. The second kappa shape index (κ2) is 3.65. The first-order valence-electron chi connectivity index (χ1n) is 5.45. The van der Waals surface area contributed by atoms with Gasteiger partial charge in [0.05, 0.1) is 5.69 Å². The molecule has 0 unspecified atom stereocenters. The highest BCUT2D eigenvalue weighted by Gasteiger charge is 2.11. The molecule has 0 saturated heterocycles. The first-order chi connectivity index (χ1) is 8.25. The summed E-state index contributed by atoms with van der Waals surface area (Å²) in [6.07, 6.45) is 6.66. The zero-order valence-corrected chi connectivity index (χ0v) is 9.65. The second-order valence-electron chi connectivity index (χ2n) is 4.14. The highest BCUT2D eigenvalue weighted by atomic mass is 15.4. The smallest absolute Gasteiger partial charge is 0.181 e. The first-order valence-corrected chi connectivity index (χ1v) is 5.45. The lowest BCUT2D eigenvalue weighted by Crippen LogP contribution is -2.01. The number of hydrogen-bond donors (Lipinski definition) is 0. The Morgan fingerprint density at radius 1 is 1.29 bits per heavy atom. The molecule has 3 heterocycles. The van der Waals surface area contributed by atoms with Crippen molar-refractivity contribution in [3.8, 4) is 5.82 Å². The van der Waals surface area contributed by atoms with Crippen molar-refractivity contribution in [3.05, 3.63) is 36.8 Å². The van der Waals surface area contributed by atoms with Gasteiger partial charge in [0.25, 0.3) is 0 Å². The molecule has 3 aromatic heterocycles. The summed E-state index contributed by atoms with van der Waals surface area (Å²) in [7, 11) is 0. The molecule has 0 aliphatic carbocycles. The molecule has 6 heteroatoms. The third kappa shape index (κ3) is 1.57. The van der Waals surface area contributed by atoms with Crippen LogP contribution in [0.1, 0.15) is 25.5 Å². The van der Waals surface area contributed by atoms with Crippen LogP contribution >= 0.6 is 0 Å². The Kier molecular flexibility index (Phi) is 2.14. The fraction of sp³-hybridized carbons (Fsp3) is 0.273. The molecule has 0 aliphatic rings. The summed E-state index contributed by atoms with van der Waals surface area (Å²) in [5.41, 5.74) is 1.97. The van der Waals surface area contributed by atoms with Crippen molar-refractivity contribution in [3.63, 3.8) is 0 Å². The van der Waals surface area contributed by atoms with Crippen molar-refractivity contribution >= 4 is 5.52 Å². The number of hydrogen-bond acceptors (Lipinski definition) is 4. The first kappa shape index (κ1) is 9.95. The summed E-state index contributed by atoms with van der Waals surface area (Å²) in [4.78, 5) is 8.25. The average Bonchev–Trinajstić information content (AvgIpc) is 2.97. The molecule has 0 radical (unpaired) electrons. The maximum Gasteiger partial charge on any atom is 0.181 e. The molecular formula is C11H12N6. The van der Waals surface area contributed by atoms with E-state index in [1.807, 2.05) is 16.8 Å². The number of nitrogens with zero attached hydrogens (tertiary/aromatic N) is 6. The Morgan fingerprint density at radius 2 is 2.18 bits per heavy atom. The van der Waals surface area contributed by atoms with E-state index in [1.165, 1.54) is 6.33 Å². The van der Waals surface area contributed by atoms with Gasteiger partial charge in [0.2, 0.25) is 0 Å². The van der Waals surface area contributed by atoms with Crippen LogP contribution in [0.5, 0.6) is 0 Å². The van der Waals surface area contributed by atoms with Crippen molar-refractivity contribution < 1.29 is 0 Å². The van der Waals surface area contributed by atoms with Gasteiger partial charge in [-0.1, -0.05) is 13.8 Å². The van der Waals surface area contributed by atoms with Gasteiger partial charge in [0, 0.05) is 12.4 Å². The van der Waals surface area contributed by atoms with E-state index >= 15 is 0 Å². The van der Waals surface area contributed by atoms with Gasteiger partial charge in [-0.2, -0.15) is 10.2 Å². The minimum absolute atomic E-state index is 0.387. The second-order valence-corrected chi connectivity index (χ2v) is 4.14. The van der Waals surface area contributed by atoms with Crippen LogP contribution in [0.3, 0.4) is 0 Å². The van der Waals surface area contributed by atoms with E-state index in [0.717, 1.165) is 17.0 Å².